The lowest BCUT2D eigenvalue weighted by molar-refractivity contribution is -0.150. The average molecular weight is 363 g/mol. The van der Waals surface area contributed by atoms with Gasteiger partial charge in [0.25, 0.3) is 5.91 Å². The Morgan fingerprint density at radius 1 is 1.23 bits per heavy atom. The second-order valence-corrected chi connectivity index (χ2v) is 6.72. The number of carbonyl (C=O) groups excluding carboxylic acids is 3. The molecule has 1 aromatic carbocycles. The lowest BCUT2D eigenvalue weighted by Crippen LogP contribution is -2.60. The SMILES string of the molecule is CC(=O)NCC(=O)N1CCC2(CC1)CN(c1ccc(F)cc1)C(=O)CO2. The highest BCUT2D eigenvalue weighted by Crippen LogP contribution is 2.32. The summed E-state index contributed by atoms with van der Waals surface area (Å²) in [5.74, 6) is -0.880. The van der Waals surface area contributed by atoms with Crippen LogP contribution in [0.25, 0.3) is 0 Å². The van der Waals surface area contributed by atoms with Crippen LogP contribution in [0.15, 0.2) is 24.3 Å². The number of hydrogen-bond donors (Lipinski definition) is 1. The van der Waals surface area contributed by atoms with Crippen molar-refractivity contribution in [2.45, 2.75) is 25.4 Å². The lowest BCUT2D eigenvalue weighted by atomic mass is 9.89. The minimum atomic E-state index is -0.507. The van der Waals surface area contributed by atoms with Crippen LogP contribution < -0.4 is 10.2 Å². The maximum atomic E-state index is 13.1. The first-order chi connectivity index (χ1) is 12.4. The fraction of sp³-hybridized carbons (Fsp3) is 0.500. The zero-order chi connectivity index (χ0) is 18.7. The lowest BCUT2D eigenvalue weighted by Gasteiger charge is -2.47. The van der Waals surface area contributed by atoms with Crippen LogP contribution in [-0.4, -0.2) is 61.0 Å². The van der Waals surface area contributed by atoms with Crippen LogP contribution in [-0.2, 0) is 19.1 Å². The summed E-state index contributed by atoms with van der Waals surface area (Å²) < 4.78 is 19.0. The van der Waals surface area contributed by atoms with E-state index in [9.17, 15) is 18.8 Å². The Morgan fingerprint density at radius 3 is 2.50 bits per heavy atom. The molecule has 1 aromatic rings. The van der Waals surface area contributed by atoms with Gasteiger partial charge in [-0.05, 0) is 37.1 Å². The van der Waals surface area contributed by atoms with Crippen molar-refractivity contribution >= 4 is 23.4 Å². The first kappa shape index (κ1) is 18.3. The molecular formula is C18H22FN3O4. The van der Waals surface area contributed by atoms with Crippen molar-refractivity contribution in [2.24, 2.45) is 0 Å². The standard InChI is InChI=1S/C18H22FN3O4/c1-13(23)20-10-16(24)21-8-6-18(7-9-21)12-22(17(25)11-26-18)15-4-2-14(19)3-5-15/h2-5H,6-12H2,1H3,(H,20,23). The molecule has 7 nitrogen and oxygen atoms in total. The topological polar surface area (TPSA) is 79.0 Å². The van der Waals surface area contributed by atoms with E-state index < -0.39 is 5.60 Å². The van der Waals surface area contributed by atoms with Crippen LogP contribution in [0.5, 0.6) is 0 Å². The van der Waals surface area contributed by atoms with Gasteiger partial charge in [0.1, 0.15) is 12.4 Å². The van der Waals surface area contributed by atoms with Crippen LogP contribution in [0, 0.1) is 5.82 Å². The van der Waals surface area contributed by atoms with Crippen LogP contribution in [0.4, 0.5) is 10.1 Å². The Morgan fingerprint density at radius 2 is 1.88 bits per heavy atom. The van der Waals surface area contributed by atoms with Gasteiger partial charge in [-0.1, -0.05) is 0 Å². The van der Waals surface area contributed by atoms with Gasteiger partial charge in [-0.2, -0.15) is 0 Å². The Kier molecular flexibility index (Phi) is 5.22. The number of anilines is 1. The molecule has 2 fully saturated rings. The summed E-state index contributed by atoms with van der Waals surface area (Å²) in [6.07, 6.45) is 1.20. The molecular weight excluding hydrogens is 341 g/mol. The molecule has 3 rings (SSSR count). The van der Waals surface area contributed by atoms with Gasteiger partial charge in [0.2, 0.25) is 11.8 Å². The van der Waals surface area contributed by atoms with Gasteiger partial charge in [-0.3, -0.25) is 14.4 Å². The van der Waals surface area contributed by atoms with E-state index in [1.54, 1.807) is 21.9 Å². The molecule has 140 valence electrons. The number of carbonyl (C=O) groups is 3. The van der Waals surface area contributed by atoms with Gasteiger partial charge in [-0.25, -0.2) is 4.39 Å². The fourth-order valence-corrected chi connectivity index (χ4v) is 3.35. The number of likely N-dealkylation sites (tertiary alicyclic amines) is 1. The van der Waals surface area contributed by atoms with E-state index in [2.05, 4.69) is 5.32 Å². The zero-order valence-electron chi connectivity index (χ0n) is 14.7. The molecule has 26 heavy (non-hydrogen) atoms. The molecule has 0 aliphatic carbocycles. The van der Waals surface area contributed by atoms with E-state index in [4.69, 9.17) is 4.74 Å². The first-order valence-electron chi connectivity index (χ1n) is 8.61. The van der Waals surface area contributed by atoms with Crippen molar-refractivity contribution in [3.63, 3.8) is 0 Å². The second kappa shape index (κ2) is 7.41. The van der Waals surface area contributed by atoms with Crippen molar-refractivity contribution < 1.29 is 23.5 Å². The normalized spacial score (nSPS) is 19.5. The van der Waals surface area contributed by atoms with Crippen molar-refractivity contribution in [1.29, 1.82) is 0 Å². The number of ether oxygens (including phenoxy) is 1. The Hall–Kier alpha value is -2.48. The maximum Gasteiger partial charge on any atom is 0.253 e. The second-order valence-electron chi connectivity index (χ2n) is 6.72. The third-order valence-corrected chi connectivity index (χ3v) is 4.90. The quantitative estimate of drug-likeness (QED) is 0.857. The summed E-state index contributed by atoms with van der Waals surface area (Å²) in [6, 6.07) is 5.82. The molecule has 2 aliphatic rings. The maximum absolute atomic E-state index is 13.1. The Balaban J connectivity index is 1.63. The highest BCUT2D eigenvalue weighted by molar-refractivity contribution is 5.95. The molecule has 0 radical (unpaired) electrons. The molecule has 0 saturated carbocycles. The van der Waals surface area contributed by atoms with Crippen molar-refractivity contribution in [2.75, 3.05) is 37.7 Å². The number of benzene rings is 1. The molecule has 1 spiro atoms. The predicted octanol–water partition coefficient (Wildman–Crippen LogP) is 0.686. The molecule has 0 bridgehead atoms. The largest absolute Gasteiger partial charge is 0.363 e. The molecule has 0 unspecified atom stereocenters. The number of morpholine rings is 1. The molecule has 0 atom stereocenters. The van der Waals surface area contributed by atoms with E-state index >= 15 is 0 Å². The number of amides is 3. The summed E-state index contributed by atoms with van der Waals surface area (Å²) in [7, 11) is 0. The van der Waals surface area contributed by atoms with Gasteiger partial charge >= 0.3 is 0 Å². The third-order valence-electron chi connectivity index (χ3n) is 4.90. The fourth-order valence-electron chi connectivity index (χ4n) is 3.35. The Bertz CT molecular complexity index is 699. The van der Waals surface area contributed by atoms with Crippen molar-refractivity contribution in [3.8, 4) is 0 Å². The van der Waals surface area contributed by atoms with Crippen molar-refractivity contribution in [3.05, 3.63) is 30.1 Å². The van der Waals surface area contributed by atoms with Gasteiger partial charge in [-0.15, -0.1) is 0 Å². The number of halogens is 1. The van der Waals surface area contributed by atoms with Crippen LogP contribution in [0.1, 0.15) is 19.8 Å². The minimum absolute atomic E-state index is 0.0105. The molecule has 2 saturated heterocycles. The van der Waals surface area contributed by atoms with E-state index in [-0.39, 0.29) is 36.7 Å². The Labute approximate surface area is 151 Å². The summed E-state index contributed by atoms with van der Waals surface area (Å²) in [5, 5.41) is 2.51. The van der Waals surface area contributed by atoms with E-state index in [0.717, 1.165) is 0 Å². The molecule has 2 heterocycles. The van der Waals surface area contributed by atoms with E-state index in [1.165, 1.54) is 19.1 Å². The molecule has 2 aliphatic heterocycles. The minimum Gasteiger partial charge on any atom is -0.363 e. The van der Waals surface area contributed by atoms with Crippen LogP contribution >= 0.6 is 0 Å². The average Bonchev–Trinajstić information content (AvgIpc) is 2.63. The highest BCUT2D eigenvalue weighted by atomic mass is 19.1. The summed E-state index contributed by atoms with van der Waals surface area (Å²) in [6.45, 7) is 2.72. The van der Waals surface area contributed by atoms with Crippen LogP contribution in [0.3, 0.4) is 0 Å². The molecule has 0 aromatic heterocycles. The van der Waals surface area contributed by atoms with Gasteiger partial charge in [0.15, 0.2) is 0 Å². The molecule has 1 N–H and O–H groups in total. The monoisotopic (exact) mass is 363 g/mol. The zero-order valence-corrected chi connectivity index (χ0v) is 14.7. The third kappa shape index (κ3) is 4.01. The van der Waals surface area contributed by atoms with Gasteiger partial charge < -0.3 is 19.9 Å². The summed E-state index contributed by atoms with van der Waals surface area (Å²) >= 11 is 0. The number of nitrogens with zero attached hydrogens (tertiary/aromatic N) is 2. The van der Waals surface area contributed by atoms with Gasteiger partial charge in [0.05, 0.1) is 18.7 Å². The summed E-state index contributed by atoms with van der Waals surface area (Å²) in [4.78, 5) is 38.6. The molecule has 3 amide bonds. The predicted molar refractivity (Wildman–Crippen MR) is 91.9 cm³/mol. The summed E-state index contributed by atoms with van der Waals surface area (Å²) in [5.41, 5.74) is 0.135. The van der Waals surface area contributed by atoms with Gasteiger partial charge in [0, 0.05) is 25.7 Å². The van der Waals surface area contributed by atoms with E-state index in [0.29, 0.717) is 38.2 Å². The number of hydrogen-bond acceptors (Lipinski definition) is 4. The van der Waals surface area contributed by atoms with Crippen molar-refractivity contribution in [1.82, 2.24) is 10.2 Å². The number of piperidine rings is 1. The smallest absolute Gasteiger partial charge is 0.253 e. The van der Waals surface area contributed by atoms with Crippen LogP contribution in [0.2, 0.25) is 0 Å². The van der Waals surface area contributed by atoms with E-state index in [1.807, 2.05) is 0 Å². The molecule has 8 heteroatoms. The highest BCUT2D eigenvalue weighted by Gasteiger charge is 2.43. The first-order valence-corrected chi connectivity index (χ1v) is 8.61. The number of rotatable bonds is 3. The number of nitrogens with one attached hydrogen (secondary N) is 1.